The number of rotatable bonds is 6. The lowest BCUT2D eigenvalue weighted by molar-refractivity contribution is 0.0930. The summed E-state index contributed by atoms with van der Waals surface area (Å²) in [5.41, 5.74) is 0. The predicted molar refractivity (Wildman–Crippen MR) is 70.3 cm³/mol. The lowest BCUT2D eigenvalue weighted by Crippen LogP contribution is -2.33. The number of hydrogen-bond donors (Lipinski definition) is 0. The first-order valence-electron chi connectivity index (χ1n) is 5.77. The van der Waals surface area contributed by atoms with Crippen molar-refractivity contribution in [2.24, 2.45) is 0 Å². The second-order valence-corrected chi connectivity index (χ2v) is 5.34. The van der Waals surface area contributed by atoms with Crippen LogP contribution in [0.3, 0.4) is 0 Å². The van der Waals surface area contributed by atoms with Crippen molar-refractivity contribution in [2.75, 3.05) is 13.6 Å². The molecule has 0 saturated heterocycles. The van der Waals surface area contributed by atoms with Gasteiger partial charge in [0.25, 0.3) is 0 Å². The highest BCUT2D eigenvalue weighted by Gasteiger charge is 2.15. The van der Waals surface area contributed by atoms with Gasteiger partial charge in [0.05, 0.1) is 23.9 Å². The summed E-state index contributed by atoms with van der Waals surface area (Å²) < 4.78 is 0. The van der Waals surface area contributed by atoms with Gasteiger partial charge in [0, 0.05) is 10.9 Å². The van der Waals surface area contributed by atoms with Gasteiger partial charge in [0.1, 0.15) is 0 Å². The third-order valence-electron chi connectivity index (χ3n) is 2.82. The molecule has 1 atom stereocenters. The van der Waals surface area contributed by atoms with Crippen molar-refractivity contribution in [3.63, 3.8) is 0 Å². The van der Waals surface area contributed by atoms with Crippen molar-refractivity contribution in [1.29, 1.82) is 5.26 Å². The molecule has 1 rings (SSSR count). The highest BCUT2D eigenvalue weighted by Crippen LogP contribution is 2.18. The van der Waals surface area contributed by atoms with Crippen molar-refractivity contribution < 1.29 is 4.79 Å². The molecule has 92 valence electrons. The fourth-order valence-corrected chi connectivity index (χ4v) is 2.34. The Kier molecular flexibility index (Phi) is 5.33. The Hall–Kier alpha value is -1.18. The number of Topliss-reactive ketones (excluding diaryl/α,β-unsaturated/α-hetero) is 1. The second-order valence-electron chi connectivity index (χ2n) is 4.17. The molecule has 0 fully saturated rings. The summed E-state index contributed by atoms with van der Waals surface area (Å²) >= 11 is 1.57. The van der Waals surface area contributed by atoms with Gasteiger partial charge in [-0.15, -0.1) is 11.3 Å². The number of nitriles is 1. The zero-order chi connectivity index (χ0) is 12.8. The van der Waals surface area contributed by atoms with Gasteiger partial charge in [-0.1, -0.05) is 6.92 Å². The molecule has 0 spiro atoms. The van der Waals surface area contributed by atoms with E-state index in [1.165, 1.54) is 4.88 Å². The second kappa shape index (κ2) is 6.53. The Morgan fingerprint density at radius 1 is 1.59 bits per heavy atom. The van der Waals surface area contributed by atoms with Gasteiger partial charge in [0.2, 0.25) is 0 Å². The van der Waals surface area contributed by atoms with Gasteiger partial charge in [-0.3, -0.25) is 9.69 Å². The fourth-order valence-electron chi connectivity index (χ4n) is 1.47. The number of hydrogen-bond acceptors (Lipinski definition) is 4. The van der Waals surface area contributed by atoms with Gasteiger partial charge < -0.3 is 0 Å². The van der Waals surface area contributed by atoms with E-state index in [2.05, 4.69) is 13.0 Å². The normalized spacial score (nSPS) is 12.4. The Morgan fingerprint density at radius 2 is 2.29 bits per heavy atom. The number of carbonyl (C=O) groups excluding carboxylic acids is 1. The van der Waals surface area contributed by atoms with Crippen molar-refractivity contribution in [3.05, 3.63) is 21.9 Å². The molecule has 0 amide bonds. The molecule has 3 nitrogen and oxygen atoms in total. The maximum atomic E-state index is 12.0. The zero-order valence-electron chi connectivity index (χ0n) is 10.6. The molecule has 17 heavy (non-hydrogen) atoms. The topological polar surface area (TPSA) is 44.1 Å². The maximum absolute atomic E-state index is 12.0. The van der Waals surface area contributed by atoms with Crippen LogP contribution in [0.4, 0.5) is 0 Å². The molecule has 0 N–H and O–H groups in total. The molecule has 0 aliphatic carbocycles. The van der Waals surface area contributed by atoms with E-state index in [9.17, 15) is 4.79 Å². The SMILES string of the molecule is CCc1ccc(C(=O)CN(C)C(C)CC#N)s1. The minimum Gasteiger partial charge on any atom is -0.295 e. The summed E-state index contributed by atoms with van der Waals surface area (Å²) in [6.45, 7) is 4.43. The minimum absolute atomic E-state index is 0.120. The lowest BCUT2D eigenvalue weighted by Gasteiger charge is -2.21. The molecule has 0 aliphatic heterocycles. The van der Waals surface area contributed by atoms with Gasteiger partial charge in [-0.05, 0) is 32.5 Å². The van der Waals surface area contributed by atoms with Crippen molar-refractivity contribution in [3.8, 4) is 6.07 Å². The average molecular weight is 250 g/mol. The monoisotopic (exact) mass is 250 g/mol. The summed E-state index contributed by atoms with van der Waals surface area (Å²) in [7, 11) is 1.88. The van der Waals surface area contributed by atoms with Crippen LogP contribution in [0, 0.1) is 11.3 Å². The molecule has 0 radical (unpaired) electrons. The number of aryl methyl sites for hydroxylation is 1. The van der Waals surface area contributed by atoms with Crippen LogP contribution in [0.1, 0.15) is 34.8 Å². The van der Waals surface area contributed by atoms with Gasteiger partial charge >= 0.3 is 0 Å². The molecule has 1 heterocycles. The van der Waals surface area contributed by atoms with E-state index in [1.807, 2.05) is 31.0 Å². The Labute approximate surface area is 107 Å². The third kappa shape index (κ3) is 3.95. The molecule has 0 saturated carbocycles. The van der Waals surface area contributed by atoms with Crippen molar-refractivity contribution in [1.82, 2.24) is 4.90 Å². The standard InChI is InChI=1S/C13H18N2OS/c1-4-11-5-6-13(17-11)12(16)9-15(3)10(2)7-8-14/h5-6,10H,4,7,9H2,1-3H3. The maximum Gasteiger partial charge on any atom is 0.186 e. The largest absolute Gasteiger partial charge is 0.295 e. The van der Waals surface area contributed by atoms with E-state index < -0.39 is 0 Å². The van der Waals surface area contributed by atoms with Crippen molar-refractivity contribution >= 4 is 17.1 Å². The van der Waals surface area contributed by atoms with Crippen molar-refractivity contribution in [2.45, 2.75) is 32.7 Å². The quantitative estimate of drug-likeness (QED) is 0.729. The first-order chi connectivity index (χ1) is 8.08. The van der Waals surface area contributed by atoms with Crippen LogP contribution in [-0.4, -0.2) is 30.3 Å². The molecular weight excluding hydrogens is 232 g/mol. The first kappa shape index (κ1) is 13.9. The Morgan fingerprint density at radius 3 is 2.82 bits per heavy atom. The number of nitrogens with zero attached hydrogens (tertiary/aromatic N) is 2. The van der Waals surface area contributed by atoms with Crippen LogP contribution in [0.25, 0.3) is 0 Å². The molecule has 4 heteroatoms. The molecule has 1 aromatic heterocycles. The third-order valence-corrected chi connectivity index (χ3v) is 4.09. The van der Waals surface area contributed by atoms with Gasteiger partial charge in [-0.2, -0.15) is 5.26 Å². The fraction of sp³-hybridized carbons (Fsp3) is 0.538. The molecular formula is C13H18N2OS. The summed E-state index contributed by atoms with van der Waals surface area (Å²) in [5.74, 6) is 0.141. The van der Waals surface area contributed by atoms with Gasteiger partial charge in [-0.25, -0.2) is 0 Å². The summed E-state index contributed by atoms with van der Waals surface area (Å²) in [6.07, 6.45) is 1.42. The van der Waals surface area contributed by atoms with Crippen LogP contribution >= 0.6 is 11.3 Å². The van der Waals surface area contributed by atoms with E-state index in [1.54, 1.807) is 11.3 Å². The van der Waals surface area contributed by atoms with Crippen LogP contribution in [0.15, 0.2) is 12.1 Å². The van der Waals surface area contributed by atoms with Crippen LogP contribution < -0.4 is 0 Å². The van der Waals surface area contributed by atoms with E-state index in [0.29, 0.717) is 13.0 Å². The smallest absolute Gasteiger partial charge is 0.186 e. The highest BCUT2D eigenvalue weighted by molar-refractivity contribution is 7.14. The number of likely N-dealkylation sites (N-methyl/N-ethyl adjacent to an activating group) is 1. The Bertz CT molecular complexity index is 419. The van der Waals surface area contributed by atoms with E-state index in [4.69, 9.17) is 5.26 Å². The number of thiophene rings is 1. The molecule has 1 aromatic rings. The summed E-state index contributed by atoms with van der Waals surface area (Å²) in [5, 5.41) is 8.61. The molecule has 0 aromatic carbocycles. The average Bonchev–Trinajstić information content (AvgIpc) is 2.77. The number of ketones is 1. The first-order valence-corrected chi connectivity index (χ1v) is 6.59. The van der Waals surface area contributed by atoms with Gasteiger partial charge in [0.15, 0.2) is 5.78 Å². The molecule has 0 aliphatic rings. The van der Waals surface area contributed by atoms with Crippen LogP contribution in [0.2, 0.25) is 0 Å². The number of carbonyl (C=O) groups is 1. The van der Waals surface area contributed by atoms with Crippen LogP contribution in [0.5, 0.6) is 0 Å². The predicted octanol–water partition coefficient (Wildman–Crippen LogP) is 2.73. The molecule has 1 unspecified atom stereocenters. The van der Waals surface area contributed by atoms with E-state index in [-0.39, 0.29) is 11.8 Å². The highest BCUT2D eigenvalue weighted by atomic mass is 32.1. The molecule has 0 bridgehead atoms. The lowest BCUT2D eigenvalue weighted by atomic mass is 10.2. The van der Waals surface area contributed by atoms with Crippen LogP contribution in [-0.2, 0) is 6.42 Å². The minimum atomic E-state index is 0.120. The van der Waals surface area contributed by atoms with E-state index in [0.717, 1.165) is 11.3 Å². The van der Waals surface area contributed by atoms with E-state index >= 15 is 0 Å². The Balaban J connectivity index is 2.57. The zero-order valence-corrected chi connectivity index (χ0v) is 11.4. The summed E-state index contributed by atoms with van der Waals surface area (Å²) in [6, 6.07) is 6.15. The summed E-state index contributed by atoms with van der Waals surface area (Å²) in [4.78, 5) is 16.0.